The number of rotatable bonds is 3. The zero-order valence-corrected chi connectivity index (χ0v) is 9.10. The van der Waals surface area contributed by atoms with Gasteiger partial charge >= 0.3 is 0 Å². The van der Waals surface area contributed by atoms with Crippen LogP contribution in [0.15, 0.2) is 24.3 Å². The predicted octanol–water partition coefficient (Wildman–Crippen LogP) is 1.10. The molecule has 1 saturated heterocycles. The number of piperazine rings is 1. The number of hydrogen-bond donors (Lipinski definition) is 0. The minimum Gasteiger partial charge on any atom is -0.343 e. The van der Waals surface area contributed by atoms with Crippen LogP contribution in [0.3, 0.4) is 0 Å². The fourth-order valence-corrected chi connectivity index (χ4v) is 1.87. The van der Waals surface area contributed by atoms with Crippen LogP contribution in [-0.4, -0.2) is 42.4 Å². The smallest absolute Gasteiger partial charge is 0.209 e. The molecule has 0 atom stereocenters. The summed E-state index contributed by atoms with van der Waals surface area (Å²) >= 11 is 0. The number of carbonyl (C=O) groups is 1. The van der Waals surface area contributed by atoms with E-state index in [0.717, 1.165) is 44.7 Å². The summed E-state index contributed by atoms with van der Waals surface area (Å²) in [4.78, 5) is 14.6. The van der Waals surface area contributed by atoms with Crippen molar-refractivity contribution >= 4 is 6.41 Å². The molecule has 1 aromatic carbocycles. The van der Waals surface area contributed by atoms with Crippen molar-refractivity contribution in [2.75, 3.05) is 26.2 Å². The van der Waals surface area contributed by atoms with Crippen LogP contribution in [0.5, 0.6) is 0 Å². The standard InChI is InChI=1S/C12H15FN2O/c13-12-3-1-11(2-4-12)9-14-5-7-15(10-16)8-6-14/h1-4,10H,5-9H2. The van der Waals surface area contributed by atoms with E-state index < -0.39 is 0 Å². The van der Waals surface area contributed by atoms with Crippen molar-refractivity contribution in [1.82, 2.24) is 9.80 Å². The van der Waals surface area contributed by atoms with Crippen LogP contribution < -0.4 is 0 Å². The van der Waals surface area contributed by atoms with Gasteiger partial charge in [-0.25, -0.2) is 4.39 Å². The summed E-state index contributed by atoms with van der Waals surface area (Å²) in [6, 6.07) is 6.58. The lowest BCUT2D eigenvalue weighted by atomic mass is 10.2. The molecule has 4 heteroatoms. The molecule has 1 heterocycles. The molecule has 2 rings (SSSR count). The lowest BCUT2D eigenvalue weighted by Gasteiger charge is -2.32. The Morgan fingerprint density at radius 2 is 1.75 bits per heavy atom. The Morgan fingerprint density at radius 3 is 2.31 bits per heavy atom. The minimum absolute atomic E-state index is 0.200. The van der Waals surface area contributed by atoms with Crippen molar-refractivity contribution in [3.05, 3.63) is 35.6 Å². The maximum atomic E-state index is 12.7. The van der Waals surface area contributed by atoms with Gasteiger partial charge in [-0.1, -0.05) is 12.1 Å². The third-order valence-electron chi connectivity index (χ3n) is 2.88. The molecule has 3 nitrogen and oxygen atoms in total. The molecule has 1 aromatic rings. The number of halogens is 1. The first-order valence-electron chi connectivity index (χ1n) is 5.44. The highest BCUT2D eigenvalue weighted by Crippen LogP contribution is 2.08. The van der Waals surface area contributed by atoms with Gasteiger partial charge in [0, 0.05) is 32.7 Å². The Hall–Kier alpha value is -1.42. The molecule has 1 aliphatic heterocycles. The number of carbonyl (C=O) groups excluding carboxylic acids is 1. The van der Waals surface area contributed by atoms with Gasteiger partial charge in [0.15, 0.2) is 0 Å². The van der Waals surface area contributed by atoms with E-state index in [1.807, 2.05) is 0 Å². The van der Waals surface area contributed by atoms with E-state index in [1.165, 1.54) is 12.1 Å². The summed E-state index contributed by atoms with van der Waals surface area (Å²) in [5, 5.41) is 0. The molecule has 0 aliphatic carbocycles. The van der Waals surface area contributed by atoms with E-state index in [0.29, 0.717) is 0 Å². The molecule has 1 aliphatic rings. The van der Waals surface area contributed by atoms with Gasteiger partial charge in [0.05, 0.1) is 0 Å². The SMILES string of the molecule is O=CN1CCN(Cc2ccc(F)cc2)CC1. The molecule has 1 fully saturated rings. The number of hydrogen-bond acceptors (Lipinski definition) is 2. The van der Waals surface area contributed by atoms with E-state index in [9.17, 15) is 9.18 Å². The largest absolute Gasteiger partial charge is 0.343 e. The van der Waals surface area contributed by atoms with Gasteiger partial charge in [0.1, 0.15) is 5.82 Å². The zero-order chi connectivity index (χ0) is 11.4. The molecule has 86 valence electrons. The predicted molar refractivity (Wildman–Crippen MR) is 59.3 cm³/mol. The average Bonchev–Trinajstić information content (AvgIpc) is 2.33. The monoisotopic (exact) mass is 222 g/mol. The van der Waals surface area contributed by atoms with Gasteiger partial charge in [-0.2, -0.15) is 0 Å². The zero-order valence-electron chi connectivity index (χ0n) is 9.10. The molecular weight excluding hydrogens is 207 g/mol. The van der Waals surface area contributed by atoms with E-state index in [2.05, 4.69) is 4.90 Å². The second-order valence-corrected chi connectivity index (χ2v) is 4.04. The van der Waals surface area contributed by atoms with Crippen molar-refractivity contribution in [2.45, 2.75) is 6.54 Å². The second-order valence-electron chi connectivity index (χ2n) is 4.04. The van der Waals surface area contributed by atoms with Crippen LogP contribution in [0.2, 0.25) is 0 Å². The van der Waals surface area contributed by atoms with Gasteiger partial charge in [-0.3, -0.25) is 9.69 Å². The lowest BCUT2D eigenvalue weighted by Crippen LogP contribution is -2.45. The van der Waals surface area contributed by atoms with Crippen molar-refractivity contribution in [2.24, 2.45) is 0 Å². The normalized spacial score (nSPS) is 17.4. The first-order valence-corrected chi connectivity index (χ1v) is 5.44. The van der Waals surface area contributed by atoms with Gasteiger partial charge in [-0.05, 0) is 17.7 Å². The van der Waals surface area contributed by atoms with Crippen molar-refractivity contribution < 1.29 is 9.18 Å². The van der Waals surface area contributed by atoms with Crippen molar-refractivity contribution in [3.8, 4) is 0 Å². The number of benzene rings is 1. The van der Waals surface area contributed by atoms with Gasteiger partial charge < -0.3 is 4.90 Å². The summed E-state index contributed by atoms with van der Waals surface area (Å²) in [5.41, 5.74) is 1.11. The number of nitrogens with zero attached hydrogens (tertiary/aromatic N) is 2. The summed E-state index contributed by atoms with van der Waals surface area (Å²) in [6.45, 7) is 4.16. The number of amides is 1. The molecule has 16 heavy (non-hydrogen) atoms. The van der Waals surface area contributed by atoms with Crippen LogP contribution in [0.4, 0.5) is 4.39 Å². The quantitative estimate of drug-likeness (QED) is 0.715. The Morgan fingerprint density at radius 1 is 1.12 bits per heavy atom. The van der Waals surface area contributed by atoms with E-state index in [4.69, 9.17) is 0 Å². The lowest BCUT2D eigenvalue weighted by molar-refractivity contribution is -0.119. The summed E-state index contributed by atoms with van der Waals surface area (Å²) in [7, 11) is 0. The third kappa shape index (κ3) is 2.79. The molecule has 0 saturated carbocycles. The van der Waals surface area contributed by atoms with Crippen LogP contribution in [0, 0.1) is 5.82 Å². The summed E-state index contributed by atoms with van der Waals surface area (Å²) in [5.74, 6) is -0.200. The van der Waals surface area contributed by atoms with Gasteiger partial charge in [-0.15, -0.1) is 0 Å². The molecule has 0 bridgehead atoms. The molecular formula is C12H15FN2O. The summed E-state index contributed by atoms with van der Waals surface area (Å²) < 4.78 is 12.7. The molecule has 1 amide bonds. The first-order chi connectivity index (χ1) is 7.78. The first kappa shape index (κ1) is 11.1. The molecule has 0 spiro atoms. The van der Waals surface area contributed by atoms with E-state index in [-0.39, 0.29) is 5.82 Å². The molecule has 0 aromatic heterocycles. The second kappa shape index (κ2) is 5.07. The maximum Gasteiger partial charge on any atom is 0.209 e. The highest BCUT2D eigenvalue weighted by atomic mass is 19.1. The highest BCUT2D eigenvalue weighted by Gasteiger charge is 2.14. The van der Waals surface area contributed by atoms with Crippen LogP contribution in [0.25, 0.3) is 0 Å². The Labute approximate surface area is 94.5 Å². The van der Waals surface area contributed by atoms with Crippen LogP contribution >= 0.6 is 0 Å². The molecule has 0 unspecified atom stereocenters. The third-order valence-corrected chi connectivity index (χ3v) is 2.88. The Kier molecular flexibility index (Phi) is 3.51. The van der Waals surface area contributed by atoms with Crippen molar-refractivity contribution in [1.29, 1.82) is 0 Å². The minimum atomic E-state index is -0.200. The van der Waals surface area contributed by atoms with Crippen LogP contribution in [0.1, 0.15) is 5.56 Å². The Bertz CT molecular complexity index is 345. The van der Waals surface area contributed by atoms with Crippen LogP contribution in [-0.2, 0) is 11.3 Å². The van der Waals surface area contributed by atoms with Gasteiger partial charge in [0.25, 0.3) is 0 Å². The van der Waals surface area contributed by atoms with Gasteiger partial charge in [0.2, 0.25) is 6.41 Å². The highest BCUT2D eigenvalue weighted by molar-refractivity contribution is 5.47. The fraction of sp³-hybridized carbons (Fsp3) is 0.417. The Balaban J connectivity index is 1.86. The van der Waals surface area contributed by atoms with Crippen molar-refractivity contribution in [3.63, 3.8) is 0 Å². The van der Waals surface area contributed by atoms with E-state index in [1.54, 1.807) is 17.0 Å². The van der Waals surface area contributed by atoms with E-state index >= 15 is 0 Å². The fourth-order valence-electron chi connectivity index (χ4n) is 1.87. The average molecular weight is 222 g/mol. The maximum absolute atomic E-state index is 12.7. The topological polar surface area (TPSA) is 23.6 Å². The molecule has 0 radical (unpaired) electrons. The molecule has 0 N–H and O–H groups in total. The summed E-state index contributed by atoms with van der Waals surface area (Å²) in [6.07, 6.45) is 0.898.